The minimum atomic E-state index is -4.06. The molecule has 0 aromatic heterocycles. The topological polar surface area (TPSA) is 89.3 Å². The van der Waals surface area contributed by atoms with E-state index < -0.39 is 21.7 Å². The number of unbranched alkanes of at least 4 members (excludes halogenated alkanes) is 3. The van der Waals surface area contributed by atoms with Crippen LogP contribution in [0, 0.1) is 12.7 Å². The Labute approximate surface area is 124 Å². The number of hydrogen-bond acceptors (Lipinski definition) is 3. The van der Waals surface area contributed by atoms with E-state index in [2.05, 4.69) is 12.2 Å². The first-order valence-corrected chi connectivity index (χ1v) is 8.43. The van der Waals surface area contributed by atoms with E-state index in [1.807, 2.05) is 0 Å². The van der Waals surface area contributed by atoms with Gasteiger partial charge in [-0.15, -0.1) is 0 Å². The zero-order valence-electron chi connectivity index (χ0n) is 12.3. The third-order valence-electron chi connectivity index (χ3n) is 3.18. The maximum atomic E-state index is 13.7. The van der Waals surface area contributed by atoms with Crippen LogP contribution in [0.2, 0.25) is 0 Å². The molecule has 0 spiro atoms. The van der Waals surface area contributed by atoms with E-state index in [-0.39, 0.29) is 16.0 Å². The largest absolute Gasteiger partial charge is 0.352 e. The van der Waals surface area contributed by atoms with Gasteiger partial charge < -0.3 is 5.32 Å². The van der Waals surface area contributed by atoms with Gasteiger partial charge in [-0.2, -0.15) is 0 Å². The zero-order valence-corrected chi connectivity index (χ0v) is 13.1. The van der Waals surface area contributed by atoms with Crippen LogP contribution in [0.25, 0.3) is 0 Å². The number of nitrogens with one attached hydrogen (secondary N) is 1. The van der Waals surface area contributed by atoms with Gasteiger partial charge in [0.1, 0.15) is 5.82 Å². The van der Waals surface area contributed by atoms with Crippen LogP contribution in [0.4, 0.5) is 4.39 Å². The van der Waals surface area contributed by atoms with Crippen molar-refractivity contribution in [2.24, 2.45) is 5.14 Å². The second kappa shape index (κ2) is 7.51. The van der Waals surface area contributed by atoms with E-state index in [1.54, 1.807) is 0 Å². The molecule has 1 aromatic carbocycles. The normalized spacial score (nSPS) is 11.4. The van der Waals surface area contributed by atoms with Crippen LogP contribution < -0.4 is 10.5 Å². The average Bonchev–Trinajstić information content (AvgIpc) is 2.39. The molecule has 0 saturated heterocycles. The molecule has 5 nitrogen and oxygen atoms in total. The van der Waals surface area contributed by atoms with E-state index in [1.165, 1.54) is 6.92 Å². The lowest BCUT2D eigenvalue weighted by atomic mass is 10.1. The molecule has 0 heterocycles. The number of carbonyl (C=O) groups excluding carboxylic acids is 1. The predicted molar refractivity (Wildman–Crippen MR) is 79.0 cm³/mol. The summed E-state index contributed by atoms with van der Waals surface area (Å²) < 4.78 is 36.5. The third-order valence-corrected chi connectivity index (χ3v) is 4.22. The summed E-state index contributed by atoms with van der Waals surface area (Å²) in [5.41, 5.74) is -0.130. The minimum absolute atomic E-state index is 0.0439. The molecule has 0 fully saturated rings. The van der Waals surface area contributed by atoms with E-state index in [0.29, 0.717) is 6.54 Å². The van der Waals surface area contributed by atoms with E-state index in [0.717, 1.165) is 37.8 Å². The Morgan fingerprint density at radius 3 is 2.52 bits per heavy atom. The summed E-state index contributed by atoms with van der Waals surface area (Å²) in [7, 11) is -4.06. The lowest BCUT2D eigenvalue weighted by Gasteiger charge is -2.09. The van der Waals surface area contributed by atoms with Crippen molar-refractivity contribution in [3.63, 3.8) is 0 Å². The SMILES string of the molecule is CCCCCCNC(=O)c1cc(F)c(C)c(S(N)(=O)=O)c1. The Balaban J connectivity index is 2.84. The Hall–Kier alpha value is -1.47. The molecular weight excluding hydrogens is 295 g/mol. The molecule has 118 valence electrons. The summed E-state index contributed by atoms with van der Waals surface area (Å²) in [5.74, 6) is -1.27. The Morgan fingerprint density at radius 2 is 1.95 bits per heavy atom. The second-order valence-electron chi connectivity index (χ2n) is 4.94. The predicted octanol–water partition coefficient (Wildman–Crippen LogP) is 2.09. The van der Waals surface area contributed by atoms with Crippen molar-refractivity contribution in [2.45, 2.75) is 44.4 Å². The Bertz CT molecular complexity index is 615. The summed E-state index contributed by atoms with van der Waals surface area (Å²) in [6.45, 7) is 3.86. The number of primary sulfonamides is 1. The smallest absolute Gasteiger partial charge is 0.251 e. The number of benzene rings is 1. The highest BCUT2D eigenvalue weighted by Crippen LogP contribution is 2.19. The quantitative estimate of drug-likeness (QED) is 0.755. The fourth-order valence-corrected chi connectivity index (χ4v) is 2.75. The van der Waals surface area contributed by atoms with Crippen LogP contribution in [-0.2, 0) is 10.0 Å². The third kappa shape index (κ3) is 5.09. The molecule has 3 N–H and O–H groups in total. The van der Waals surface area contributed by atoms with Crippen LogP contribution in [-0.4, -0.2) is 20.9 Å². The number of carbonyl (C=O) groups is 1. The van der Waals surface area contributed by atoms with Crippen molar-refractivity contribution >= 4 is 15.9 Å². The fraction of sp³-hybridized carbons (Fsp3) is 0.500. The molecule has 21 heavy (non-hydrogen) atoms. The molecule has 0 aliphatic rings. The van der Waals surface area contributed by atoms with Crippen LogP contribution >= 0.6 is 0 Å². The van der Waals surface area contributed by atoms with Gasteiger partial charge >= 0.3 is 0 Å². The number of rotatable bonds is 7. The van der Waals surface area contributed by atoms with Gasteiger partial charge in [0.05, 0.1) is 4.90 Å². The van der Waals surface area contributed by atoms with Crippen molar-refractivity contribution < 1.29 is 17.6 Å². The first-order valence-electron chi connectivity index (χ1n) is 6.88. The molecule has 0 saturated carbocycles. The molecule has 0 bridgehead atoms. The number of hydrogen-bond donors (Lipinski definition) is 2. The van der Waals surface area contributed by atoms with Crippen molar-refractivity contribution in [1.29, 1.82) is 0 Å². The monoisotopic (exact) mass is 316 g/mol. The summed E-state index contributed by atoms with van der Waals surface area (Å²) in [6, 6.07) is 2.13. The maximum Gasteiger partial charge on any atom is 0.251 e. The van der Waals surface area contributed by atoms with Crippen molar-refractivity contribution in [3.05, 3.63) is 29.1 Å². The molecular formula is C14H21FN2O3S. The van der Waals surface area contributed by atoms with Gasteiger partial charge in [0.25, 0.3) is 5.91 Å². The average molecular weight is 316 g/mol. The summed E-state index contributed by atoms with van der Waals surface area (Å²) in [5, 5.41) is 7.67. The van der Waals surface area contributed by atoms with Gasteiger partial charge in [0.15, 0.2) is 0 Å². The van der Waals surface area contributed by atoms with Crippen molar-refractivity contribution in [3.8, 4) is 0 Å². The van der Waals surface area contributed by atoms with Crippen molar-refractivity contribution in [2.75, 3.05) is 6.54 Å². The van der Waals surface area contributed by atoms with E-state index in [9.17, 15) is 17.6 Å². The number of sulfonamides is 1. The van der Waals surface area contributed by atoms with E-state index >= 15 is 0 Å². The van der Waals surface area contributed by atoms with Gasteiger partial charge in [-0.1, -0.05) is 26.2 Å². The number of nitrogens with two attached hydrogens (primary N) is 1. The number of halogens is 1. The fourth-order valence-electron chi connectivity index (χ4n) is 1.94. The van der Waals surface area contributed by atoms with Gasteiger partial charge in [-0.25, -0.2) is 17.9 Å². The van der Waals surface area contributed by atoms with Crippen LogP contribution in [0.5, 0.6) is 0 Å². The molecule has 0 unspecified atom stereocenters. The molecule has 0 radical (unpaired) electrons. The Morgan fingerprint density at radius 1 is 1.29 bits per heavy atom. The molecule has 1 amide bonds. The number of amides is 1. The molecule has 1 aromatic rings. The first kappa shape index (κ1) is 17.6. The second-order valence-corrected chi connectivity index (χ2v) is 6.47. The molecule has 0 aliphatic carbocycles. The molecule has 7 heteroatoms. The highest BCUT2D eigenvalue weighted by Gasteiger charge is 2.18. The van der Waals surface area contributed by atoms with Gasteiger partial charge in [0.2, 0.25) is 10.0 Å². The van der Waals surface area contributed by atoms with Crippen LogP contribution in [0.1, 0.15) is 48.5 Å². The zero-order chi connectivity index (χ0) is 16.0. The van der Waals surface area contributed by atoms with Gasteiger partial charge in [0, 0.05) is 17.7 Å². The standard InChI is InChI=1S/C14H21FN2O3S/c1-3-4-5-6-7-17-14(18)11-8-12(15)10(2)13(9-11)21(16,19)20/h8-9H,3-7H2,1-2H3,(H,17,18)(H2,16,19,20). The summed E-state index contributed by atoms with van der Waals surface area (Å²) >= 11 is 0. The lowest BCUT2D eigenvalue weighted by molar-refractivity contribution is 0.0952. The molecule has 0 atom stereocenters. The van der Waals surface area contributed by atoms with Crippen LogP contribution in [0.3, 0.4) is 0 Å². The van der Waals surface area contributed by atoms with Gasteiger partial charge in [-0.3, -0.25) is 4.79 Å². The first-order chi connectivity index (χ1) is 9.77. The summed E-state index contributed by atoms with van der Waals surface area (Å²) in [6.07, 6.45) is 4.01. The molecule has 1 rings (SSSR count). The lowest BCUT2D eigenvalue weighted by Crippen LogP contribution is -2.25. The van der Waals surface area contributed by atoms with Crippen LogP contribution in [0.15, 0.2) is 17.0 Å². The van der Waals surface area contributed by atoms with Gasteiger partial charge in [-0.05, 0) is 25.5 Å². The van der Waals surface area contributed by atoms with Crippen molar-refractivity contribution in [1.82, 2.24) is 5.32 Å². The highest BCUT2D eigenvalue weighted by atomic mass is 32.2. The summed E-state index contributed by atoms with van der Waals surface area (Å²) in [4.78, 5) is 11.5. The molecule has 0 aliphatic heterocycles. The minimum Gasteiger partial charge on any atom is -0.352 e. The Kier molecular flexibility index (Phi) is 6.29. The van der Waals surface area contributed by atoms with E-state index in [4.69, 9.17) is 5.14 Å². The highest BCUT2D eigenvalue weighted by molar-refractivity contribution is 7.89. The maximum absolute atomic E-state index is 13.7.